The third kappa shape index (κ3) is 5.37. The molecule has 168 valence electrons. The van der Waals surface area contributed by atoms with E-state index in [1.54, 1.807) is 31.4 Å². The zero-order valence-corrected chi connectivity index (χ0v) is 19.2. The summed E-state index contributed by atoms with van der Waals surface area (Å²) in [6, 6.07) is 13.4. The van der Waals surface area contributed by atoms with Gasteiger partial charge in [-0.1, -0.05) is 28.9 Å². The van der Waals surface area contributed by atoms with Crippen molar-refractivity contribution in [3.05, 3.63) is 98.2 Å². The predicted molar refractivity (Wildman–Crippen MR) is 125 cm³/mol. The second kappa shape index (κ2) is 10.0. The van der Waals surface area contributed by atoms with Gasteiger partial charge < -0.3 is 14.5 Å². The van der Waals surface area contributed by atoms with Crippen molar-refractivity contribution in [2.75, 3.05) is 0 Å². The summed E-state index contributed by atoms with van der Waals surface area (Å²) in [5.41, 5.74) is 3.38. The van der Waals surface area contributed by atoms with Crippen molar-refractivity contribution in [1.82, 2.24) is 4.57 Å². The third-order valence-electron chi connectivity index (χ3n) is 5.27. The van der Waals surface area contributed by atoms with Crippen molar-refractivity contribution in [2.24, 2.45) is 12.2 Å². The van der Waals surface area contributed by atoms with Crippen LogP contribution in [0.5, 0.6) is 5.75 Å². The average molecular weight is 457 g/mol. The molecule has 3 aromatic rings. The fourth-order valence-electron chi connectivity index (χ4n) is 3.70. The highest BCUT2D eigenvalue weighted by atomic mass is 35.5. The fraction of sp³-hybridized carbons (Fsp3) is 0.280. The largest absolute Gasteiger partial charge is 0.488 e. The molecule has 0 saturated heterocycles. The number of rotatable bonds is 7. The number of aryl methyl sites for hydroxylation is 2. The first-order valence-electron chi connectivity index (χ1n) is 10.3. The zero-order chi connectivity index (χ0) is 23.4. The second-order valence-electron chi connectivity index (χ2n) is 8.03. The molecule has 0 aliphatic carbocycles. The number of ether oxygens (including phenoxy) is 1. The van der Waals surface area contributed by atoms with Crippen molar-refractivity contribution in [3.63, 3.8) is 0 Å². The van der Waals surface area contributed by atoms with Gasteiger partial charge >= 0.3 is 0 Å². The highest BCUT2D eigenvalue weighted by molar-refractivity contribution is 6.30. The van der Waals surface area contributed by atoms with Crippen LogP contribution in [-0.4, -0.2) is 21.6 Å². The van der Waals surface area contributed by atoms with Crippen LogP contribution < -0.4 is 10.3 Å². The smallest absolute Gasteiger partial charge is 0.250 e. The van der Waals surface area contributed by atoms with Gasteiger partial charge in [0.1, 0.15) is 0 Å². The average Bonchev–Trinajstić information content (AvgIpc) is 2.73. The monoisotopic (exact) mass is 456 g/mol. The van der Waals surface area contributed by atoms with Gasteiger partial charge in [0.15, 0.2) is 11.6 Å². The summed E-state index contributed by atoms with van der Waals surface area (Å²) < 4.78 is 21.8. The minimum Gasteiger partial charge on any atom is -0.488 e. The molecule has 0 amide bonds. The van der Waals surface area contributed by atoms with E-state index >= 15 is 0 Å². The van der Waals surface area contributed by atoms with Gasteiger partial charge in [0.05, 0.1) is 11.8 Å². The molecule has 0 saturated carbocycles. The molecule has 1 N–H and O–H groups in total. The second-order valence-corrected chi connectivity index (χ2v) is 8.46. The normalized spacial score (nSPS) is 12.8. The third-order valence-corrected chi connectivity index (χ3v) is 5.50. The van der Waals surface area contributed by atoms with E-state index in [0.717, 1.165) is 11.1 Å². The van der Waals surface area contributed by atoms with Gasteiger partial charge in [-0.25, -0.2) is 4.39 Å². The van der Waals surface area contributed by atoms with Crippen molar-refractivity contribution in [2.45, 2.75) is 39.2 Å². The van der Waals surface area contributed by atoms with Crippen molar-refractivity contribution < 1.29 is 14.3 Å². The predicted octanol–water partition coefficient (Wildman–Crippen LogP) is 5.67. The highest BCUT2D eigenvalue weighted by Gasteiger charge is 2.22. The van der Waals surface area contributed by atoms with Crippen molar-refractivity contribution in [3.8, 4) is 5.75 Å². The lowest BCUT2D eigenvalue weighted by atomic mass is 9.83. The van der Waals surface area contributed by atoms with Gasteiger partial charge in [-0.05, 0) is 67.8 Å². The van der Waals surface area contributed by atoms with E-state index in [1.807, 2.05) is 39.0 Å². The van der Waals surface area contributed by atoms with E-state index in [-0.39, 0.29) is 29.8 Å². The van der Waals surface area contributed by atoms with Gasteiger partial charge in [-0.3, -0.25) is 4.79 Å². The fourth-order valence-corrected chi connectivity index (χ4v) is 3.92. The maximum atomic E-state index is 14.8. The molecule has 0 fully saturated rings. The first-order valence-corrected chi connectivity index (χ1v) is 10.7. The van der Waals surface area contributed by atoms with Gasteiger partial charge in [-0.15, -0.1) is 0 Å². The van der Waals surface area contributed by atoms with Crippen LogP contribution in [0.15, 0.2) is 64.7 Å². The highest BCUT2D eigenvalue weighted by Crippen LogP contribution is 2.35. The molecule has 0 aliphatic rings. The number of hydrogen-bond donors (Lipinski definition) is 1. The quantitative estimate of drug-likeness (QED) is 0.283. The van der Waals surface area contributed by atoms with E-state index in [1.165, 1.54) is 16.7 Å². The molecule has 0 bridgehead atoms. The van der Waals surface area contributed by atoms with E-state index in [0.29, 0.717) is 21.9 Å². The van der Waals surface area contributed by atoms with E-state index in [4.69, 9.17) is 16.3 Å². The number of aromatic nitrogens is 1. The summed E-state index contributed by atoms with van der Waals surface area (Å²) in [5.74, 6) is -0.597. The number of oxime groups is 1. The Kier molecular flexibility index (Phi) is 7.36. The van der Waals surface area contributed by atoms with Crippen LogP contribution in [0.25, 0.3) is 0 Å². The summed E-state index contributed by atoms with van der Waals surface area (Å²) >= 11 is 6.15. The Morgan fingerprint density at radius 3 is 2.53 bits per heavy atom. The molecular formula is C25H26ClFN2O3. The number of benzene rings is 2. The minimum atomic E-state index is -0.461. The minimum absolute atomic E-state index is 0.150. The molecule has 7 heteroatoms. The molecule has 1 atom stereocenters. The van der Waals surface area contributed by atoms with Crippen LogP contribution in [-0.2, 0) is 7.05 Å². The van der Waals surface area contributed by atoms with E-state index in [9.17, 15) is 14.4 Å². The number of nitrogens with zero attached hydrogens (tertiary/aromatic N) is 2. The Hall–Kier alpha value is -3.12. The maximum Gasteiger partial charge on any atom is 0.250 e. The lowest BCUT2D eigenvalue weighted by Crippen LogP contribution is -2.18. The standard InChI is InChI=1S/C25H26ClFN2O3/c1-15(2)32-24-9-5-17(12-22(24)27)21(20-8-7-19(26)11-16(20)3)13-23(28-31)18-6-10-25(30)29(4)14-18/h5-12,14-15,21,31H,13H2,1-4H3. The van der Waals surface area contributed by atoms with Crippen LogP contribution in [0.3, 0.4) is 0 Å². The molecule has 0 spiro atoms. The molecule has 2 aromatic carbocycles. The summed E-state index contributed by atoms with van der Waals surface area (Å²) in [5, 5.41) is 13.9. The maximum absolute atomic E-state index is 14.8. The van der Waals surface area contributed by atoms with Crippen molar-refractivity contribution >= 4 is 17.3 Å². The molecule has 1 aromatic heterocycles. The topological polar surface area (TPSA) is 63.8 Å². The summed E-state index contributed by atoms with van der Waals surface area (Å²) in [6.07, 6.45) is 1.74. The molecule has 1 unspecified atom stereocenters. The summed E-state index contributed by atoms with van der Waals surface area (Å²) in [6.45, 7) is 5.61. The van der Waals surface area contributed by atoms with Crippen LogP contribution in [0.4, 0.5) is 4.39 Å². The first-order chi connectivity index (χ1) is 15.2. The zero-order valence-electron chi connectivity index (χ0n) is 18.5. The summed E-state index contributed by atoms with van der Waals surface area (Å²) in [7, 11) is 1.63. The van der Waals surface area contributed by atoms with Crippen LogP contribution in [0.1, 0.15) is 48.4 Å². The van der Waals surface area contributed by atoms with Gasteiger partial charge in [0.2, 0.25) is 5.56 Å². The number of halogens is 2. The van der Waals surface area contributed by atoms with E-state index in [2.05, 4.69) is 5.16 Å². The van der Waals surface area contributed by atoms with Crippen LogP contribution in [0.2, 0.25) is 5.02 Å². The van der Waals surface area contributed by atoms with Crippen LogP contribution >= 0.6 is 11.6 Å². The van der Waals surface area contributed by atoms with Crippen molar-refractivity contribution in [1.29, 1.82) is 0 Å². The molecule has 0 radical (unpaired) electrons. The van der Waals surface area contributed by atoms with Gasteiger partial charge in [0.25, 0.3) is 0 Å². The van der Waals surface area contributed by atoms with Gasteiger partial charge in [0, 0.05) is 42.2 Å². The Balaban J connectivity index is 2.07. The SMILES string of the molecule is Cc1cc(Cl)ccc1C(CC(=NO)c1ccc(=O)n(C)c1)c1ccc(OC(C)C)c(F)c1. The number of pyridine rings is 1. The Morgan fingerprint density at radius 1 is 1.19 bits per heavy atom. The van der Waals surface area contributed by atoms with Crippen LogP contribution in [0, 0.1) is 12.7 Å². The van der Waals surface area contributed by atoms with Gasteiger partial charge in [-0.2, -0.15) is 0 Å². The molecule has 5 nitrogen and oxygen atoms in total. The summed E-state index contributed by atoms with van der Waals surface area (Å²) in [4.78, 5) is 11.8. The first kappa shape index (κ1) is 23.5. The number of hydrogen-bond acceptors (Lipinski definition) is 4. The molecule has 0 aliphatic heterocycles. The Bertz CT molecular complexity index is 1200. The molecule has 3 rings (SSSR count). The van der Waals surface area contributed by atoms with E-state index < -0.39 is 5.82 Å². The Labute approximate surface area is 191 Å². The molecule has 1 heterocycles. The Morgan fingerprint density at radius 2 is 1.94 bits per heavy atom. The lowest BCUT2D eigenvalue weighted by Gasteiger charge is -2.22. The molecule has 32 heavy (non-hydrogen) atoms. The molecular weight excluding hydrogens is 431 g/mol. The lowest BCUT2D eigenvalue weighted by molar-refractivity contribution is 0.231.